The minimum absolute atomic E-state index is 0.345. The molecule has 2 N–H and O–H groups in total. The average molecular weight is 305 g/mol. The van der Waals surface area contributed by atoms with Gasteiger partial charge in [0.25, 0.3) is 0 Å². The van der Waals surface area contributed by atoms with Crippen LogP contribution in [0.15, 0.2) is 24.3 Å². The van der Waals surface area contributed by atoms with Crippen molar-refractivity contribution in [2.24, 2.45) is 5.92 Å². The maximum Gasteiger partial charge on any atom is 0.122 e. The molecule has 1 aromatic carbocycles. The molecule has 3 heteroatoms. The summed E-state index contributed by atoms with van der Waals surface area (Å²) in [5.74, 6) is 2.03. The molecular weight excluding hydrogens is 274 g/mol. The monoisotopic (exact) mass is 305 g/mol. The molecule has 0 bridgehead atoms. The summed E-state index contributed by atoms with van der Waals surface area (Å²) in [5, 5.41) is 13.7. The van der Waals surface area contributed by atoms with Crippen LogP contribution in [0.25, 0.3) is 0 Å². The van der Waals surface area contributed by atoms with Crippen molar-refractivity contribution in [2.75, 3.05) is 13.2 Å². The average Bonchev–Trinajstić information content (AvgIpc) is 2.52. The molecule has 1 aromatic rings. The smallest absolute Gasteiger partial charge is 0.122 e. The van der Waals surface area contributed by atoms with Gasteiger partial charge in [0.15, 0.2) is 0 Å². The quantitative estimate of drug-likeness (QED) is 0.807. The molecule has 0 aromatic heterocycles. The summed E-state index contributed by atoms with van der Waals surface area (Å²) in [7, 11) is 0. The fourth-order valence-electron chi connectivity index (χ4n) is 3.24. The Bertz CT molecular complexity index is 447. The number of rotatable bonds is 7. The number of nitrogens with one attached hydrogen (secondary N) is 1. The minimum atomic E-state index is -0.464. The van der Waals surface area contributed by atoms with Crippen molar-refractivity contribution in [3.8, 4) is 5.75 Å². The van der Waals surface area contributed by atoms with Crippen molar-refractivity contribution in [3.05, 3.63) is 29.8 Å². The summed E-state index contributed by atoms with van der Waals surface area (Å²) in [6.07, 6.45) is 4.71. The van der Waals surface area contributed by atoms with E-state index in [1.807, 2.05) is 18.2 Å². The summed E-state index contributed by atoms with van der Waals surface area (Å²) in [5.41, 5.74) is 1.20. The lowest BCUT2D eigenvalue weighted by Gasteiger charge is -2.30. The number of para-hydroxylation sites is 1. The zero-order valence-corrected chi connectivity index (χ0v) is 14.2. The third-order valence-corrected chi connectivity index (χ3v) is 4.70. The standard InChI is InChI=1S/C19H31NO2/c1-14(2)17-9-5-7-11-19(17)22-13-16(21)12-20-18-10-6-4-8-15(18)3/h5,7,9,11,14-16,18,20-21H,4,6,8,10,12-13H2,1-3H3/t15-,16-,18-/m0/s1. The molecule has 0 spiro atoms. The second kappa shape index (κ2) is 8.54. The lowest BCUT2D eigenvalue weighted by atomic mass is 9.86. The molecule has 1 aliphatic rings. The number of benzene rings is 1. The minimum Gasteiger partial charge on any atom is -0.491 e. The predicted octanol–water partition coefficient (Wildman–Crippen LogP) is 3.72. The number of aliphatic hydroxyl groups excluding tert-OH is 1. The van der Waals surface area contributed by atoms with Gasteiger partial charge >= 0.3 is 0 Å². The fraction of sp³-hybridized carbons (Fsp3) is 0.684. The molecule has 0 radical (unpaired) electrons. The molecule has 1 aliphatic carbocycles. The number of aliphatic hydroxyl groups is 1. The summed E-state index contributed by atoms with van der Waals surface area (Å²) < 4.78 is 5.84. The van der Waals surface area contributed by atoms with E-state index in [0.29, 0.717) is 31.0 Å². The summed E-state index contributed by atoms with van der Waals surface area (Å²) in [4.78, 5) is 0. The van der Waals surface area contributed by atoms with Crippen molar-refractivity contribution in [2.45, 2.75) is 64.5 Å². The van der Waals surface area contributed by atoms with E-state index in [9.17, 15) is 5.11 Å². The van der Waals surface area contributed by atoms with E-state index >= 15 is 0 Å². The molecule has 1 saturated carbocycles. The third kappa shape index (κ3) is 4.99. The van der Waals surface area contributed by atoms with Crippen molar-refractivity contribution in [1.82, 2.24) is 5.32 Å². The van der Waals surface area contributed by atoms with Crippen LogP contribution in [0.2, 0.25) is 0 Å². The molecule has 124 valence electrons. The molecule has 0 saturated heterocycles. The first-order valence-corrected chi connectivity index (χ1v) is 8.71. The molecule has 0 unspecified atom stereocenters. The van der Waals surface area contributed by atoms with Gasteiger partial charge in [-0.2, -0.15) is 0 Å². The highest BCUT2D eigenvalue weighted by atomic mass is 16.5. The highest BCUT2D eigenvalue weighted by Crippen LogP contribution is 2.26. The van der Waals surface area contributed by atoms with Gasteiger partial charge in [0.05, 0.1) is 0 Å². The Morgan fingerprint density at radius 3 is 2.68 bits per heavy atom. The van der Waals surface area contributed by atoms with Crippen LogP contribution in [0, 0.1) is 5.92 Å². The third-order valence-electron chi connectivity index (χ3n) is 4.70. The first-order valence-electron chi connectivity index (χ1n) is 8.71. The van der Waals surface area contributed by atoms with Crippen molar-refractivity contribution < 1.29 is 9.84 Å². The van der Waals surface area contributed by atoms with Gasteiger partial charge in [-0.3, -0.25) is 0 Å². The zero-order valence-electron chi connectivity index (χ0n) is 14.2. The van der Waals surface area contributed by atoms with Gasteiger partial charge in [-0.05, 0) is 36.3 Å². The number of ether oxygens (including phenoxy) is 1. The first-order chi connectivity index (χ1) is 10.6. The van der Waals surface area contributed by atoms with Crippen LogP contribution in [0.1, 0.15) is 57.9 Å². The molecule has 3 atom stereocenters. The molecule has 0 heterocycles. The molecule has 1 fully saturated rings. The SMILES string of the molecule is CC(C)c1ccccc1OC[C@@H](O)CN[C@H]1CCCC[C@@H]1C. The second-order valence-corrected chi connectivity index (χ2v) is 6.93. The van der Waals surface area contributed by atoms with Gasteiger partial charge < -0.3 is 15.2 Å². The largest absolute Gasteiger partial charge is 0.491 e. The van der Waals surface area contributed by atoms with E-state index in [4.69, 9.17) is 4.74 Å². The topological polar surface area (TPSA) is 41.5 Å². The van der Waals surface area contributed by atoms with E-state index in [1.54, 1.807) is 0 Å². The van der Waals surface area contributed by atoms with Gasteiger partial charge in [0.1, 0.15) is 18.5 Å². The molecule has 0 amide bonds. The van der Waals surface area contributed by atoms with E-state index in [1.165, 1.54) is 31.2 Å². The fourth-order valence-corrected chi connectivity index (χ4v) is 3.24. The molecular formula is C19H31NO2. The van der Waals surface area contributed by atoms with Crippen LogP contribution >= 0.6 is 0 Å². The molecule has 22 heavy (non-hydrogen) atoms. The van der Waals surface area contributed by atoms with Crippen molar-refractivity contribution in [3.63, 3.8) is 0 Å². The van der Waals surface area contributed by atoms with Crippen LogP contribution in [-0.2, 0) is 0 Å². The Morgan fingerprint density at radius 1 is 1.23 bits per heavy atom. The van der Waals surface area contributed by atoms with E-state index < -0.39 is 6.10 Å². The van der Waals surface area contributed by atoms with Crippen LogP contribution in [0.4, 0.5) is 0 Å². The second-order valence-electron chi connectivity index (χ2n) is 6.93. The van der Waals surface area contributed by atoms with E-state index in [2.05, 4.69) is 32.2 Å². The zero-order chi connectivity index (χ0) is 15.9. The Balaban J connectivity index is 1.77. The summed E-state index contributed by atoms with van der Waals surface area (Å²) in [6, 6.07) is 8.64. The van der Waals surface area contributed by atoms with Crippen molar-refractivity contribution in [1.29, 1.82) is 0 Å². The van der Waals surface area contributed by atoms with Gasteiger partial charge in [-0.1, -0.05) is 51.8 Å². The molecule has 2 rings (SSSR count). The Hall–Kier alpha value is -1.06. The molecule has 0 aliphatic heterocycles. The van der Waals surface area contributed by atoms with Gasteiger partial charge in [-0.15, -0.1) is 0 Å². The lowest BCUT2D eigenvalue weighted by molar-refractivity contribution is 0.0979. The normalized spacial score (nSPS) is 23.5. The highest BCUT2D eigenvalue weighted by molar-refractivity contribution is 5.35. The maximum atomic E-state index is 10.2. The lowest BCUT2D eigenvalue weighted by Crippen LogP contribution is -2.42. The Kier molecular flexibility index (Phi) is 6.71. The molecule has 3 nitrogen and oxygen atoms in total. The highest BCUT2D eigenvalue weighted by Gasteiger charge is 2.21. The number of hydrogen-bond acceptors (Lipinski definition) is 3. The van der Waals surface area contributed by atoms with Gasteiger partial charge in [-0.25, -0.2) is 0 Å². The summed E-state index contributed by atoms with van der Waals surface area (Å²) >= 11 is 0. The van der Waals surface area contributed by atoms with Crippen LogP contribution < -0.4 is 10.1 Å². The van der Waals surface area contributed by atoms with E-state index in [0.717, 1.165) is 5.75 Å². The Labute approximate surface area is 135 Å². The van der Waals surface area contributed by atoms with Crippen LogP contribution in [0.5, 0.6) is 5.75 Å². The van der Waals surface area contributed by atoms with Crippen LogP contribution in [-0.4, -0.2) is 30.4 Å². The van der Waals surface area contributed by atoms with Crippen LogP contribution in [0.3, 0.4) is 0 Å². The summed E-state index contributed by atoms with van der Waals surface area (Å²) in [6.45, 7) is 7.57. The number of hydrogen-bond donors (Lipinski definition) is 2. The van der Waals surface area contributed by atoms with Gasteiger partial charge in [0.2, 0.25) is 0 Å². The van der Waals surface area contributed by atoms with E-state index in [-0.39, 0.29) is 0 Å². The van der Waals surface area contributed by atoms with Gasteiger partial charge in [0, 0.05) is 12.6 Å². The Morgan fingerprint density at radius 2 is 1.95 bits per heavy atom. The first kappa shape index (κ1) is 17.3. The maximum absolute atomic E-state index is 10.2. The van der Waals surface area contributed by atoms with Crippen molar-refractivity contribution >= 4 is 0 Å². The predicted molar refractivity (Wildman–Crippen MR) is 91.5 cm³/mol.